The van der Waals surface area contributed by atoms with Gasteiger partial charge in [0.2, 0.25) is 0 Å². The minimum absolute atomic E-state index is 0.0147. The summed E-state index contributed by atoms with van der Waals surface area (Å²) >= 11 is 0. The maximum absolute atomic E-state index is 13.4. The first-order valence-corrected chi connectivity index (χ1v) is 11.5. The molecule has 4 aliphatic rings. The summed E-state index contributed by atoms with van der Waals surface area (Å²) in [5.74, 6) is -1.85. The first kappa shape index (κ1) is 23.2. The van der Waals surface area contributed by atoms with Gasteiger partial charge in [0.1, 0.15) is 42.1 Å². The molecule has 0 radical (unpaired) electrons. The molecule has 2 aromatic heterocycles. The monoisotopic (exact) mass is 496 g/mol. The van der Waals surface area contributed by atoms with Crippen molar-refractivity contribution >= 4 is 11.0 Å². The largest absolute Gasteiger partial charge is 0.394 e. The molecule has 0 aliphatic carbocycles. The van der Waals surface area contributed by atoms with Crippen molar-refractivity contribution in [2.45, 2.75) is 88.3 Å². The predicted molar refractivity (Wildman–Crippen MR) is 114 cm³/mol. The third-order valence-corrected chi connectivity index (χ3v) is 6.79. The molecule has 192 valence electrons. The quantitative estimate of drug-likeness (QED) is 0.460. The Balaban J connectivity index is 1.40. The van der Waals surface area contributed by atoms with Crippen molar-refractivity contribution in [3.8, 4) is 0 Å². The lowest BCUT2D eigenvalue weighted by Gasteiger charge is -2.25. The van der Waals surface area contributed by atoms with E-state index in [1.807, 2.05) is 0 Å². The molecule has 6 heterocycles. The molecule has 4 fully saturated rings. The van der Waals surface area contributed by atoms with Crippen LogP contribution in [0.2, 0.25) is 0 Å². The number of hydrogen-bond donors (Lipinski definition) is 3. The van der Waals surface area contributed by atoms with E-state index in [1.54, 1.807) is 27.7 Å². The van der Waals surface area contributed by atoms with Crippen LogP contribution in [0.5, 0.6) is 0 Å². The number of ether oxygens (including phenoxy) is 6. The van der Waals surface area contributed by atoms with Gasteiger partial charge in [-0.3, -0.25) is 19.3 Å². The molecule has 6 rings (SSSR count). The van der Waals surface area contributed by atoms with Crippen LogP contribution in [0.3, 0.4) is 0 Å². The SMILES string of the molecule is CC1(C)O[C@@H]2[C@H](O1)[C@@H](CO)O[C@H]2n1[nH]c(=O)c2c(ncn2[C@@H]2O[C@H](CO)[C@H]3OC(C)(C)O[C@H]32)c1=O. The summed E-state index contributed by atoms with van der Waals surface area (Å²) in [6.07, 6.45) is -4.50. The van der Waals surface area contributed by atoms with E-state index < -0.39 is 71.8 Å². The van der Waals surface area contributed by atoms with E-state index in [0.29, 0.717) is 0 Å². The minimum atomic E-state index is -1.04. The van der Waals surface area contributed by atoms with Crippen LogP contribution in [0, 0.1) is 0 Å². The number of H-pyrrole nitrogens is 1. The average Bonchev–Trinajstić information content (AvgIpc) is 3.55. The molecule has 3 N–H and O–H groups in total. The van der Waals surface area contributed by atoms with Gasteiger partial charge < -0.3 is 38.6 Å². The maximum atomic E-state index is 13.4. The molecule has 0 saturated carbocycles. The Labute approximate surface area is 198 Å². The number of aromatic nitrogens is 4. The van der Waals surface area contributed by atoms with E-state index in [-0.39, 0.29) is 24.2 Å². The fourth-order valence-electron chi connectivity index (χ4n) is 5.49. The number of hydrogen-bond acceptors (Lipinski definition) is 11. The van der Waals surface area contributed by atoms with E-state index >= 15 is 0 Å². The topological polar surface area (TPSA) is 169 Å². The Kier molecular flexibility index (Phi) is 5.09. The molecule has 0 unspecified atom stereocenters. The van der Waals surface area contributed by atoms with E-state index in [0.717, 1.165) is 4.68 Å². The van der Waals surface area contributed by atoms with Gasteiger partial charge in [0, 0.05) is 0 Å². The predicted octanol–water partition coefficient (Wildman–Crippen LogP) is -1.29. The fraction of sp³-hybridized carbons (Fsp3) is 0.762. The molecule has 2 aromatic rings. The highest BCUT2D eigenvalue weighted by molar-refractivity contribution is 5.73. The summed E-state index contributed by atoms with van der Waals surface area (Å²) in [7, 11) is 0. The molecule has 4 saturated heterocycles. The standard InChI is InChI=1S/C21H28N4O10/c1-20(2)32-12-8(5-26)30-18(14(12)34-20)24-7-22-10-11(24)16(28)23-25(17(10)29)19-15-13(9(6-27)31-19)33-21(3,4)35-15/h7-9,12-15,18-19,26-27H,5-6H2,1-4H3,(H,23,28)/t8-,9-,12-,13-,14-,15-,18-,19-/m1/s1. The van der Waals surface area contributed by atoms with Gasteiger partial charge in [0.25, 0.3) is 11.1 Å². The molecule has 35 heavy (non-hydrogen) atoms. The second kappa shape index (κ2) is 7.66. The fourth-order valence-corrected chi connectivity index (χ4v) is 5.49. The number of aromatic amines is 1. The maximum Gasteiger partial charge on any atom is 0.295 e. The highest BCUT2D eigenvalue weighted by Crippen LogP contribution is 2.44. The van der Waals surface area contributed by atoms with E-state index in [9.17, 15) is 19.8 Å². The second-order valence-corrected chi connectivity index (χ2v) is 10.1. The third kappa shape index (κ3) is 3.43. The molecular formula is C21H28N4O10. The summed E-state index contributed by atoms with van der Waals surface area (Å²) in [5, 5.41) is 22.1. The Morgan fingerprint density at radius 3 is 1.97 bits per heavy atom. The first-order valence-electron chi connectivity index (χ1n) is 11.5. The van der Waals surface area contributed by atoms with Crippen LogP contribution in [-0.4, -0.2) is 91.0 Å². The highest BCUT2D eigenvalue weighted by Gasteiger charge is 2.57. The summed E-state index contributed by atoms with van der Waals surface area (Å²) in [5.41, 5.74) is -1.36. The van der Waals surface area contributed by atoms with Crippen molar-refractivity contribution in [1.82, 2.24) is 19.3 Å². The zero-order chi connectivity index (χ0) is 24.9. The Bertz CT molecular complexity index is 1270. The molecule has 14 nitrogen and oxygen atoms in total. The van der Waals surface area contributed by atoms with Gasteiger partial charge in [-0.1, -0.05) is 0 Å². The van der Waals surface area contributed by atoms with Crippen molar-refractivity contribution in [3.05, 3.63) is 27.0 Å². The summed E-state index contributed by atoms with van der Waals surface area (Å²) < 4.78 is 37.8. The molecule has 0 aromatic carbocycles. The summed E-state index contributed by atoms with van der Waals surface area (Å²) in [6, 6.07) is 0. The van der Waals surface area contributed by atoms with Crippen LogP contribution in [0.1, 0.15) is 40.2 Å². The lowest BCUT2D eigenvalue weighted by atomic mass is 10.1. The normalized spacial score (nSPS) is 39.4. The lowest BCUT2D eigenvalue weighted by molar-refractivity contribution is -0.202. The number of rotatable bonds is 4. The Morgan fingerprint density at radius 2 is 1.40 bits per heavy atom. The molecule has 4 aliphatic heterocycles. The molecule has 8 atom stereocenters. The number of nitrogens with one attached hydrogen (secondary N) is 1. The van der Waals surface area contributed by atoms with Crippen LogP contribution in [-0.2, 0) is 28.4 Å². The van der Waals surface area contributed by atoms with Crippen LogP contribution in [0.4, 0.5) is 0 Å². The molecule has 0 spiro atoms. The zero-order valence-electron chi connectivity index (χ0n) is 19.6. The Morgan fingerprint density at radius 1 is 0.886 bits per heavy atom. The molecular weight excluding hydrogens is 468 g/mol. The van der Waals surface area contributed by atoms with E-state index in [4.69, 9.17) is 28.4 Å². The van der Waals surface area contributed by atoms with Gasteiger partial charge in [-0.15, -0.1) is 0 Å². The van der Waals surface area contributed by atoms with Gasteiger partial charge in [-0.2, -0.15) is 0 Å². The van der Waals surface area contributed by atoms with Crippen molar-refractivity contribution in [3.63, 3.8) is 0 Å². The average molecular weight is 496 g/mol. The van der Waals surface area contributed by atoms with Crippen molar-refractivity contribution in [1.29, 1.82) is 0 Å². The summed E-state index contributed by atoms with van der Waals surface area (Å²) in [6.45, 7) is 6.28. The number of aliphatic hydroxyl groups excluding tert-OH is 2. The molecule has 14 heteroatoms. The van der Waals surface area contributed by atoms with Crippen molar-refractivity contribution < 1.29 is 38.6 Å². The zero-order valence-corrected chi connectivity index (χ0v) is 19.6. The number of imidazole rings is 1. The van der Waals surface area contributed by atoms with Gasteiger partial charge in [0.05, 0.1) is 19.5 Å². The van der Waals surface area contributed by atoms with Crippen LogP contribution in [0.25, 0.3) is 11.0 Å². The second-order valence-electron chi connectivity index (χ2n) is 10.1. The van der Waals surface area contributed by atoms with Gasteiger partial charge in [-0.05, 0) is 27.7 Å². The van der Waals surface area contributed by atoms with Crippen molar-refractivity contribution in [2.75, 3.05) is 13.2 Å². The van der Waals surface area contributed by atoms with E-state index in [1.165, 1.54) is 10.9 Å². The van der Waals surface area contributed by atoms with Gasteiger partial charge in [-0.25, -0.2) is 9.67 Å². The highest BCUT2D eigenvalue weighted by atomic mass is 16.8. The smallest absolute Gasteiger partial charge is 0.295 e. The molecule has 0 bridgehead atoms. The summed E-state index contributed by atoms with van der Waals surface area (Å²) in [4.78, 5) is 30.9. The Hall–Kier alpha value is -2.17. The van der Waals surface area contributed by atoms with E-state index in [2.05, 4.69) is 10.1 Å². The third-order valence-electron chi connectivity index (χ3n) is 6.79. The van der Waals surface area contributed by atoms with Crippen LogP contribution >= 0.6 is 0 Å². The first-order chi connectivity index (χ1) is 16.5. The van der Waals surface area contributed by atoms with Crippen molar-refractivity contribution in [2.24, 2.45) is 0 Å². The van der Waals surface area contributed by atoms with Gasteiger partial charge >= 0.3 is 0 Å². The number of aliphatic hydroxyl groups is 2. The van der Waals surface area contributed by atoms with Crippen LogP contribution < -0.4 is 11.1 Å². The lowest BCUT2D eigenvalue weighted by Crippen LogP contribution is -2.39. The number of nitrogens with zero attached hydrogens (tertiary/aromatic N) is 3. The van der Waals surface area contributed by atoms with Gasteiger partial charge in [0.15, 0.2) is 29.5 Å². The van der Waals surface area contributed by atoms with Crippen LogP contribution in [0.15, 0.2) is 15.9 Å². The minimum Gasteiger partial charge on any atom is -0.394 e. The molecule has 0 amide bonds. The number of fused-ring (bicyclic) bond motifs is 3.